The van der Waals surface area contributed by atoms with E-state index in [0.29, 0.717) is 5.92 Å². The second-order valence-electron chi connectivity index (χ2n) is 6.58. The highest BCUT2D eigenvalue weighted by atomic mass is 35.5. The third-order valence-corrected chi connectivity index (χ3v) is 4.91. The van der Waals surface area contributed by atoms with Crippen molar-refractivity contribution in [1.82, 2.24) is 9.88 Å². The molecule has 0 aromatic carbocycles. The molecule has 0 radical (unpaired) electrons. The molecule has 2 saturated heterocycles. The summed E-state index contributed by atoms with van der Waals surface area (Å²) in [6, 6.07) is 3.92. The highest BCUT2D eigenvalue weighted by Crippen LogP contribution is 2.26. The number of hydrogen-bond donors (Lipinski definition) is 1. The van der Waals surface area contributed by atoms with Gasteiger partial charge in [0.25, 0.3) is 5.91 Å². The number of pyridine rings is 1. The van der Waals surface area contributed by atoms with Gasteiger partial charge in [0.2, 0.25) is 0 Å². The molecule has 0 saturated carbocycles. The molecule has 3 heterocycles. The Labute approximate surface area is 156 Å². The van der Waals surface area contributed by atoms with E-state index >= 15 is 0 Å². The summed E-state index contributed by atoms with van der Waals surface area (Å²) in [5.74, 6) is 1.37. The predicted octanol–water partition coefficient (Wildman–Crippen LogP) is 2.72. The average molecular weight is 375 g/mol. The van der Waals surface area contributed by atoms with Crippen LogP contribution in [0.2, 0.25) is 0 Å². The molecule has 0 aliphatic carbocycles. The number of halogens is 2. The lowest BCUT2D eigenvalue weighted by Gasteiger charge is -2.35. The first-order valence-electron chi connectivity index (χ1n) is 8.41. The number of aromatic nitrogens is 1. The third kappa shape index (κ3) is 4.52. The maximum atomic E-state index is 13.0. The Morgan fingerprint density at radius 3 is 2.62 bits per heavy atom. The molecule has 3 rings (SSSR count). The van der Waals surface area contributed by atoms with Crippen LogP contribution in [-0.4, -0.2) is 48.0 Å². The SMILES string of the molecule is CC(N)C1CCCN(C(=O)c2cccnc2N2CCCC2)C1.Cl.Cl. The van der Waals surface area contributed by atoms with Gasteiger partial charge >= 0.3 is 0 Å². The minimum absolute atomic E-state index is 0. The lowest BCUT2D eigenvalue weighted by atomic mass is 9.92. The van der Waals surface area contributed by atoms with Gasteiger partial charge in [-0.05, 0) is 50.7 Å². The highest BCUT2D eigenvalue weighted by molar-refractivity contribution is 5.99. The summed E-state index contributed by atoms with van der Waals surface area (Å²) in [5.41, 5.74) is 6.78. The fourth-order valence-corrected chi connectivity index (χ4v) is 3.54. The van der Waals surface area contributed by atoms with E-state index in [1.54, 1.807) is 6.20 Å². The van der Waals surface area contributed by atoms with Crippen LogP contribution in [0.3, 0.4) is 0 Å². The first kappa shape index (κ1) is 21.0. The van der Waals surface area contributed by atoms with Crippen LogP contribution in [0.4, 0.5) is 5.82 Å². The molecule has 7 heteroatoms. The first-order chi connectivity index (χ1) is 10.7. The molecule has 0 spiro atoms. The molecule has 2 fully saturated rings. The molecule has 2 atom stereocenters. The summed E-state index contributed by atoms with van der Waals surface area (Å²) >= 11 is 0. The fourth-order valence-electron chi connectivity index (χ4n) is 3.54. The van der Waals surface area contributed by atoms with Crippen LogP contribution in [0.5, 0.6) is 0 Å². The Bertz CT molecular complexity index is 535. The summed E-state index contributed by atoms with van der Waals surface area (Å²) in [7, 11) is 0. The Kier molecular flexibility index (Phi) is 8.27. The largest absolute Gasteiger partial charge is 0.356 e. The molecule has 1 aromatic rings. The van der Waals surface area contributed by atoms with E-state index < -0.39 is 0 Å². The summed E-state index contributed by atoms with van der Waals surface area (Å²) in [4.78, 5) is 21.7. The number of carbonyl (C=O) groups excluding carboxylic acids is 1. The van der Waals surface area contributed by atoms with Crippen molar-refractivity contribution < 1.29 is 4.79 Å². The van der Waals surface area contributed by atoms with Crippen LogP contribution < -0.4 is 10.6 Å². The van der Waals surface area contributed by atoms with E-state index in [9.17, 15) is 4.79 Å². The molecule has 0 bridgehead atoms. The first-order valence-corrected chi connectivity index (χ1v) is 8.41. The molecule has 1 amide bonds. The molecule has 2 unspecified atom stereocenters. The van der Waals surface area contributed by atoms with Gasteiger partial charge in [-0.15, -0.1) is 24.8 Å². The predicted molar refractivity (Wildman–Crippen MR) is 102 cm³/mol. The summed E-state index contributed by atoms with van der Waals surface area (Å²) in [5, 5.41) is 0. The number of likely N-dealkylation sites (tertiary alicyclic amines) is 1. The minimum atomic E-state index is 0. The summed E-state index contributed by atoms with van der Waals surface area (Å²) < 4.78 is 0. The molecular formula is C17H28Cl2N4O. The summed E-state index contributed by atoms with van der Waals surface area (Å²) in [6.45, 7) is 5.64. The molecule has 136 valence electrons. The van der Waals surface area contributed by atoms with Crippen molar-refractivity contribution in [1.29, 1.82) is 0 Å². The quantitative estimate of drug-likeness (QED) is 0.883. The number of amides is 1. The van der Waals surface area contributed by atoms with E-state index in [-0.39, 0.29) is 36.8 Å². The zero-order chi connectivity index (χ0) is 15.5. The number of hydrogen-bond acceptors (Lipinski definition) is 4. The van der Waals surface area contributed by atoms with E-state index in [2.05, 4.69) is 9.88 Å². The maximum Gasteiger partial charge on any atom is 0.257 e. The highest BCUT2D eigenvalue weighted by Gasteiger charge is 2.29. The van der Waals surface area contributed by atoms with Gasteiger partial charge in [0.1, 0.15) is 5.82 Å². The smallest absolute Gasteiger partial charge is 0.257 e. The van der Waals surface area contributed by atoms with E-state index in [4.69, 9.17) is 5.73 Å². The van der Waals surface area contributed by atoms with Gasteiger partial charge in [-0.2, -0.15) is 0 Å². The molecule has 2 N–H and O–H groups in total. The van der Waals surface area contributed by atoms with Crippen LogP contribution in [0.1, 0.15) is 43.0 Å². The molecule has 5 nitrogen and oxygen atoms in total. The molecule has 2 aliphatic heterocycles. The Morgan fingerprint density at radius 1 is 1.25 bits per heavy atom. The van der Waals surface area contributed by atoms with Gasteiger partial charge in [-0.25, -0.2) is 4.98 Å². The van der Waals surface area contributed by atoms with Crippen LogP contribution >= 0.6 is 24.8 Å². The Balaban J connectivity index is 0.00000144. The number of rotatable bonds is 3. The van der Waals surface area contributed by atoms with Gasteiger partial charge < -0.3 is 15.5 Å². The van der Waals surface area contributed by atoms with Gasteiger partial charge in [0, 0.05) is 38.4 Å². The van der Waals surface area contributed by atoms with Crippen molar-refractivity contribution in [3.8, 4) is 0 Å². The van der Waals surface area contributed by atoms with E-state index in [0.717, 1.165) is 50.4 Å². The van der Waals surface area contributed by atoms with Crippen LogP contribution in [0.15, 0.2) is 18.3 Å². The van der Waals surface area contributed by atoms with Crippen molar-refractivity contribution >= 4 is 36.5 Å². The van der Waals surface area contributed by atoms with Crippen LogP contribution in [0, 0.1) is 5.92 Å². The van der Waals surface area contributed by atoms with Crippen molar-refractivity contribution in [2.24, 2.45) is 11.7 Å². The Morgan fingerprint density at radius 2 is 1.96 bits per heavy atom. The number of anilines is 1. The third-order valence-electron chi connectivity index (χ3n) is 4.91. The Hall–Kier alpha value is -1.04. The number of carbonyl (C=O) groups is 1. The van der Waals surface area contributed by atoms with Crippen molar-refractivity contribution in [3.05, 3.63) is 23.9 Å². The zero-order valence-electron chi connectivity index (χ0n) is 14.2. The number of nitrogens with two attached hydrogens (primary N) is 1. The van der Waals surface area contributed by atoms with Crippen LogP contribution in [-0.2, 0) is 0 Å². The topological polar surface area (TPSA) is 62.5 Å². The molecule has 2 aliphatic rings. The number of nitrogens with zero attached hydrogens (tertiary/aromatic N) is 3. The maximum absolute atomic E-state index is 13.0. The second kappa shape index (κ2) is 9.44. The van der Waals surface area contributed by atoms with E-state index in [1.807, 2.05) is 24.0 Å². The van der Waals surface area contributed by atoms with Crippen molar-refractivity contribution in [2.45, 2.75) is 38.6 Å². The fraction of sp³-hybridized carbons (Fsp3) is 0.647. The minimum Gasteiger partial charge on any atom is -0.356 e. The summed E-state index contributed by atoms with van der Waals surface area (Å²) in [6.07, 6.45) is 6.30. The number of piperidine rings is 1. The van der Waals surface area contributed by atoms with Gasteiger partial charge in [0.05, 0.1) is 5.56 Å². The second-order valence-corrected chi connectivity index (χ2v) is 6.58. The van der Waals surface area contributed by atoms with E-state index in [1.165, 1.54) is 12.8 Å². The molecule has 24 heavy (non-hydrogen) atoms. The van der Waals surface area contributed by atoms with Crippen molar-refractivity contribution in [2.75, 3.05) is 31.1 Å². The van der Waals surface area contributed by atoms with Crippen LogP contribution in [0.25, 0.3) is 0 Å². The lowest BCUT2D eigenvalue weighted by Crippen LogP contribution is -2.45. The molecule has 1 aromatic heterocycles. The monoisotopic (exact) mass is 374 g/mol. The molecular weight excluding hydrogens is 347 g/mol. The normalized spacial score (nSPS) is 21.7. The van der Waals surface area contributed by atoms with Gasteiger partial charge in [-0.1, -0.05) is 0 Å². The average Bonchev–Trinajstić information content (AvgIpc) is 3.08. The standard InChI is InChI=1S/C17H26N4O.2ClH/c1-13(18)14-6-5-11-21(12-14)17(22)15-7-4-8-19-16(15)20-9-2-3-10-20;;/h4,7-8,13-14H,2-3,5-6,9-12,18H2,1H3;2*1H. The van der Waals surface area contributed by atoms with Gasteiger partial charge in [-0.3, -0.25) is 4.79 Å². The lowest BCUT2D eigenvalue weighted by molar-refractivity contribution is 0.0661. The van der Waals surface area contributed by atoms with Crippen molar-refractivity contribution in [3.63, 3.8) is 0 Å². The zero-order valence-corrected chi connectivity index (χ0v) is 15.8. The van der Waals surface area contributed by atoms with Gasteiger partial charge in [0.15, 0.2) is 0 Å².